The van der Waals surface area contributed by atoms with Crippen LogP contribution < -0.4 is 0 Å². The van der Waals surface area contributed by atoms with Crippen molar-refractivity contribution < 1.29 is 5.11 Å². The summed E-state index contributed by atoms with van der Waals surface area (Å²) < 4.78 is 0. The fourth-order valence-corrected chi connectivity index (χ4v) is 1.92. The lowest BCUT2D eigenvalue weighted by atomic mass is 9.77. The van der Waals surface area contributed by atoms with Gasteiger partial charge in [-0.3, -0.25) is 0 Å². The summed E-state index contributed by atoms with van der Waals surface area (Å²) in [6.07, 6.45) is 4.67. The molecule has 1 N–H and O–H groups in total. The molecule has 1 aromatic carbocycles. The van der Waals surface area contributed by atoms with Crippen molar-refractivity contribution in [2.75, 3.05) is 0 Å². The van der Waals surface area contributed by atoms with Crippen LogP contribution in [-0.2, 0) is 0 Å². The Bertz CT molecular complexity index is 317. The molecule has 0 heterocycles. The van der Waals surface area contributed by atoms with E-state index in [4.69, 9.17) is 0 Å². The van der Waals surface area contributed by atoms with E-state index in [2.05, 4.69) is 20.4 Å². The van der Waals surface area contributed by atoms with Gasteiger partial charge in [-0.2, -0.15) is 0 Å². The van der Waals surface area contributed by atoms with E-state index >= 15 is 0 Å². The van der Waals surface area contributed by atoms with E-state index in [1.807, 2.05) is 36.4 Å². The zero-order valence-corrected chi connectivity index (χ0v) is 10.3. The minimum atomic E-state index is -0.460. The first-order valence-electron chi connectivity index (χ1n) is 6.00. The third kappa shape index (κ3) is 2.96. The molecule has 0 bridgehead atoms. The van der Waals surface area contributed by atoms with Gasteiger partial charge in [-0.1, -0.05) is 63.1 Å². The van der Waals surface area contributed by atoms with Gasteiger partial charge < -0.3 is 5.11 Å². The fourth-order valence-electron chi connectivity index (χ4n) is 1.92. The van der Waals surface area contributed by atoms with E-state index in [0.717, 1.165) is 24.8 Å². The molecule has 0 spiro atoms. The molecule has 0 fully saturated rings. The van der Waals surface area contributed by atoms with Crippen LogP contribution in [0.2, 0.25) is 0 Å². The maximum Gasteiger partial charge on any atom is 0.0877 e. The molecule has 88 valence electrons. The highest BCUT2D eigenvalue weighted by Gasteiger charge is 2.30. The second-order valence-corrected chi connectivity index (χ2v) is 4.63. The first-order chi connectivity index (χ1) is 7.64. The summed E-state index contributed by atoms with van der Waals surface area (Å²) in [6.45, 7) is 8.11. The van der Waals surface area contributed by atoms with Crippen LogP contribution >= 0.6 is 0 Å². The third-order valence-electron chi connectivity index (χ3n) is 3.28. The lowest BCUT2D eigenvalue weighted by molar-refractivity contribution is 0.0624. The summed E-state index contributed by atoms with van der Waals surface area (Å²) >= 11 is 0. The van der Waals surface area contributed by atoms with Gasteiger partial charge in [0.05, 0.1) is 6.10 Å². The molecule has 0 saturated carbocycles. The lowest BCUT2D eigenvalue weighted by Gasteiger charge is -2.31. The molecule has 1 heteroatoms. The maximum absolute atomic E-state index is 10.4. The van der Waals surface area contributed by atoms with E-state index < -0.39 is 6.10 Å². The van der Waals surface area contributed by atoms with Crippen molar-refractivity contribution in [1.82, 2.24) is 0 Å². The summed E-state index contributed by atoms with van der Waals surface area (Å²) in [5.74, 6) is 0. The Morgan fingerprint density at radius 1 is 1.38 bits per heavy atom. The Kier molecular flexibility index (Phi) is 4.75. The van der Waals surface area contributed by atoms with E-state index in [1.54, 1.807) is 0 Å². The van der Waals surface area contributed by atoms with Gasteiger partial charge >= 0.3 is 0 Å². The van der Waals surface area contributed by atoms with Crippen LogP contribution in [0.25, 0.3) is 0 Å². The topological polar surface area (TPSA) is 20.2 Å². The molecule has 0 amide bonds. The zero-order valence-electron chi connectivity index (χ0n) is 10.3. The zero-order chi connectivity index (χ0) is 12.0. The summed E-state index contributed by atoms with van der Waals surface area (Å²) in [5.41, 5.74) is 0.748. The van der Waals surface area contributed by atoms with Crippen molar-refractivity contribution in [2.45, 2.75) is 39.2 Å². The first kappa shape index (κ1) is 13.0. The molecule has 0 saturated heterocycles. The molecule has 1 nitrogen and oxygen atoms in total. The van der Waals surface area contributed by atoms with Crippen LogP contribution in [0.1, 0.15) is 44.8 Å². The number of rotatable bonds is 6. The summed E-state index contributed by atoms with van der Waals surface area (Å²) in [4.78, 5) is 0. The normalized spacial score (nSPS) is 16.4. The van der Waals surface area contributed by atoms with Crippen LogP contribution in [0, 0.1) is 5.41 Å². The van der Waals surface area contributed by atoms with Gasteiger partial charge in [0.15, 0.2) is 0 Å². The molecule has 0 radical (unpaired) electrons. The van der Waals surface area contributed by atoms with Gasteiger partial charge in [-0.15, -0.1) is 6.58 Å². The van der Waals surface area contributed by atoms with Crippen molar-refractivity contribution in [3.63, 3.8) is 0 Å². The van der Waals surface area contributed by atoms with Crippen molar-refractivity contribution >= 4 is 0 Å². The van der Waals surface area contributed by atoms with Crippen molar-refractivity contribution in [2.24, 2.45) is 5.41 Å². The highest BCUT2D eigenvalue weighted by molar-refractivity contribution is 5.21. The molecule has 0 aliphatic carbocycles. The molecule has 16 heavy (non-hydrogen) atoms. The van der Waals surface area contributed by atoms with Gasteiger partial charge in [0.2, 0.25) is 0 Å². The van der Waals surface area contributed by atoms with E-state index in [1.165, 1.54) is 0 Å². The number of aliphatic hydroxyl groups excluding tert-OH is 1. The quantitative estimate of drug-likeness (QED) is 0.713. The van der Waals surface area contributed by atoms with E-state index in [0.29, 0.717) is 0 Å². The van der Waals surface area contributed by atoms with Crippen LogP contribution in [0.15, 0.2) is 43.0 Å². The van der Waals surface area contributed by atoms with Crippen molar-refractivity contribution in [3.05, 3.63) is 48.6 Å². The molecular formula is C15H22O. The van der Waals surface area contributed by atoms with E-state index in [-0.39, 0.29) is 5.41 Å². The predicted octanol–water partition coefficient (Wildman–Crippen LogP) is 4.10. The Morgan fingerprint density at radius 3 is 2.50 bits per heavy atom. The van der Waals surface area contributed by atoms with Crippen LogP contribution in [0.5, 0.6) is 0 Å². The molecule has 0 aromatic heterocycles. The van der Waals surface area contributed by atoms with Crippen LogP contribution in [0.3, 0.4) is 0 Å². The second kappa shape index (κ2) is 5.86. The summed E-state index contributed by atoms with van der Waals surface area (Å²) in [5, 5.41) is 10.4. The Hall–Kier alpha value is -1.08. The SMILES string of the molecule is C=C[C@@](C)(CCCC)[C@@H](O)c1ccccc1. The van der Waals surface area contributed by atoms with Crippen LogP contribution in [-0.4, -0.2) is 5.11 Å². The monoisotopic (exact) mass is 218 g/mol. The fraction of sp³-hybridized carbons (Fsp3) is 0.467. The lowest BCUT2D eigenvalue weighted by Crippen LogP contribution is -2.23. The first-order valence-corrected chi connectivity index (χ1v) is 6.00. The van der Waals surface area contributed by atoms with Gasteiger partial charge in [0.25, 0.3) is 0 Å². The average molecular weight is 218 g/mol. The number of unbranched alkanes of at least 4 members (excludes halogenated alkanes) is 1. The summed E-state index contributed by atoms with van der Waals surface area (Å²) in [6, 6.07) is 9.83. The Morgan fingerprint density at radius 2 is 2.00 bits per heavy atom. The third-order valence-corrected chi connectivity index (χ3v) is 3.28. The maximum atomic E-state index is 10.4. The standard InChI is InChI=1S/C15H22O/c1-4-6-12-15(3,5-2)14(16)13-10-8-7-9-11-13/h5,7-11,14,16H,2,4,6,12H2,1,3H3/t14-,15-/m0/s1. The molecule has 0 unspecified atom stereocenters. The average Bonchev–Trinajstić information content (AvgIpc) is 2.36. The number of hydrogen-bond donors (Lipinski definition) is 1. The highest BCUT2D eigenvalue weighted by Crippen LogP contribution is 2.39. The van der Waals surface area contributed by atoms with Gasteiger partial charge in [-0.25, -0.2) is 0 Å². The number of hydrogen-bond acceptors (Lipinski definition) is 1. The Labute approximate surface area is 98.8 Å². The van der Waals surface area contributed by atoms with Crippen LogP contribution in [0.4, 0.5) is 0 Å². The minimum absolute atomic E-state index is 0.225. The van der Waals surface area contributed by atoms with Crippen molar-refractivity contribution in [3.8, 4) is 0 Å². The van der Waals surface area contributed by atoms with Gasteiger partial charge in [0.1, 0.15) is 0 Å². The molecule has 0 aliphatic rings. The van der Waals surface area contributed by atoms with Gasteiger partial charge in [0, 0.05) is 5.41 Å². The molecule has 1 rings (SSSR count). The van der Waals surface area contributed by atoms with Gasteiger partial charge in [-0.05, 0) is 12.0 Å². The highest BCUT2D eigenvalue weighted by atomic mass is 16.3. The molecule has 1 aromatic rings. The summed E-state index contributed by atoms with van der Waals surface area (Å²) in [7, 11) is 0. The smallest absolute Gasteiger partial charge is 0.0877 e. The van der Waals surface area contributed by atoms with E-state index in [9.17, 15) is 5.11 Å². The number of benzene rings is 1. The molecule has 0 aliphatic heterocycles. The molecular weight excluding hydrogens is 196 g/mol. The number of aliphatic hydroxyl groups is 1. The largest absolute Gasteiger partial charge is 0.388 e. The second-order valence-electron chi connectivity index (χ2n) is 4.63. The predicted molar refractivity (Wildman–Crippen MR) is 69.2 cm³/mol. The van der Waals surface area contributed by atoms with Crippen molar-refractivity contribution in [1.29, 1.82) is 0 Å². The minimum Gasteiger partial charge on any atom is -0.388 e. The Balaban J connectivity index is 2.84. The molecule has 2 atom stereocenters.